The van der Waals surface area contributed by atoms with Crippen molar-refractivity contribution in [3.63, 3.8) is 0 Å². The molecule has 1 N–H and O–H groups in total. The number of alkyl halides is 3. The van der Waals surface area contributed by atoms with Crippen LogP contribution < -0.4 is 5.32 Å². The molecule has 1 aliphatic rings. The van der Waals surface area contributed by atoms with Gasteiger partial charge in [0.15, 0.2) is 5.17 Å². The molecule has 1 aromatic rings. The molecule has 0 radical (unpaired) electrons. The lowest BCUT2D eigenvalue weighted by molar-refractivity contribution is -0.137. The van der Waals surface area contributed by atoms with Crippen LogP contribution >= 0.6 is 23.4 Å². The van der Waals surface area contributed by atoms with Crippen molar-refractivity contribution in [1.29, 1.82) is 0 Å². The Balaban J connectivity index is 2.08. The number of anilines is 1. The van der Waals surface area contributed by atoms with Crippen LogP contribution in [0.4, 0.5) is 18.9 Å². The van der Waals surface area contributed by atoms with E-state index in [1.807, 2.05) is 0 Å². The van der Waals surface area contributed by atoms with Crippen LogP contribution in [0, 0.1) is 0 Å². The van der Waals surface area contributed by atoms with Crippen molar-refractivity contribution in [2.45, 2.75) is 31.2 Å². The molecular formula is C13H14ClF3N2S. The molecule has 110 valence electrons. The fraction of sp³-hybridized carbons (Fsp3) is 0.462. The maximum Gasteiger partial charge on any atom is 0.417 e. The van der Waals surface area contributed by atoms with Crippen molar-refractivity contribution in [3.8, 4) is 0 Å². The van der Waals surface area contributed by atoms with E-state index in [-0.39, 0.29) is 5.02 Å². The Bertz CT molecular complexity index is 517. The zero-order chi connectivity index (χ0) is 14.8. The molecule has 2 rings (SSSR count). The Hall–Kier alpha value is -0.880. The van der Waals surface area contributed by atoms with Gasteiger partial charge < -0.3 is 5.32 Å². The molecule has 0 aromatic heterocycles. The Kier molecular flexibility index (Phi) is 4.86. The third-order valence-corrected chi connectivity index (χ3v) is 4.35. The van der Waals surface area contributed by atoms with E-state index < -0.39 is 11.7 Å². The van der Waals surface area contributed by atoms with E-state index in [2.05, 4.69) is 17.2 Å². The number of nitrogens with zero attached hydrogens (tertiary/aromatic N) is 1. The van der Waals surface area contributed by atoms with Crippen molar-refractivity contribution in [3.05, 3.63) is 28.8 Å². The first kappa shape index (κ1) is 15.5. The Morgan fingerprint density at radius 1 is 1.45 bits per heavy atom. The fourth-order valence-electron chi connectivity index (χ4n) is 1.90. The largest absolute Gasteiger partial charge is 0.417 e. The van der Waals surface area contributed by atoms with Gasteiger partial charge in [-0.25, -0.2) is 0 Å². The highest BCUT2D eigenvalue weighted by molar-refractivity contribution is 8.15. The maximum absolute atomic E-state index is 12.8. The number of amidine groups is 1. The van der Waals surface area contributed by atoms with Crippen LogP contribution in [-0.2, 0) is 6.18 Å². The minimum absolute atomic E-state index is 0.298. The number of hydrogen-bond acceptors (Lipinski definition) is 3. The topological polar surface area (TPSA) is 24.4 Å². The van der Waals surface area contributed by atoms with Gasteiger partial charge >= 0.3 is 6.18 Å². The highest BCUT2D eigenvalue weighted by Crippen LogP contribution is 2.36. The van der Waals surface area contributed by atoms with Gasteiger partial charge in [-0.15, -0.1) is 0 Å². The summed E-state index contributed by atoms with van der Waals surface area (Å²) in [6.45, 7) is 2.81. The van der Waals surface area contributed by atoms with E-state index in [4.69, 9.17) is 11.6 Å². The summed E-state index contributed by atoms with van der Waals surface area (Å²) in [5.74, 6) is 0. The van der Waals surface area contributed by atoms with E-state index in [9.17, 15) is 13.2 Å². The fourth-order valence-corrected chi connectivity index (χ4v) is 3.27. The van der Waals surface area contributed by atoms with E-state index in [0.717, 1.165) is 18.9 Å². The summed E-state index contributed by atoms with van der Waals surface area (Å²) in [5, 5.41) is 3.70. The monoisotopic (exact) mass is 322 g/mol. The Labute approximate surface area is 124 Å². The highest BCUT2D eigenvalue weighted by Gasteiger charge is 2.33. The van der Waals surface area contributed by atoms with Crippen molar-refractivity contribution < 1.29 is 13.2 Å². The van der Waals surface area contributed by atoms with Gasteiger partial charge in [-0.05, 0) is 24.6 Å². The van der Waals surface area contributed by atoms with Crippen LogP contribution in [0.3, 0.4) is 0 Å². The third kappa shape index (κ3) is 3.82. The van der Waals surface area contributed by atoms with Crippen LogP contribution in [0.25, 0.3) is 0 Å². The lowest BCUT2D eigenvalue weighted by Gasteiger charge is -2.12. The zero-order valence-corrected chi connectivity index (χ0v) is 12.4. The van der Waals surface area contributed by atoms with Crippen molar-refractivity contribution >= 4 is 34.2 Å². The first-order valence-electron chi connectivity index (χ1n) is 6.25. The van der Waals surface area contributed by atoms with Crippen LogP contribution in [0.2, 0.25) is 5.02 Å². The summed E-state index contributed by atoms with van der Waals surface area (Å²) in [6.07, 6.45) is -2.34. The van der Waals surface area contributed by atoms with Gasteiger partial charge in [0.2, 0.25) is 0 Å². The van der Waals surface area contributed by atoms with E-state index in [1.165, 1.54) is 12.1 Å². The summed E-state index contributed by atoms with van der Waals surface area (Å²) >= 11 is 7.15. The summed E-state index contributed by atoms with van der Waals surface area (Å²) in [6, 6.07) is 3.78. The number of hydrogen-bond donors (Lipinski definition) is 1. The molecule has 20 heavy (non-hydrogen) atoms. The van der Waals surface area contributed by atoms with Gasteiger partial charge in [0.25, 0.3) is 0 Å². The summed E-state index contributed by atoms with van der Waals surface area (Å²) < 4.78 is 38.3. The smallest absolute Gasteiger partial charge is 0.335 e. The predicted octanol–water partition coefficient (Wildman–Crippen LogP) is 5.04. The quantitative estimate of drug-likeness (QED) is 0.842. The van der Waals surface area contributed by atoms with E-state index in [1.54, 1.807) is 11.8 Å². The molecule has 1 aliphatic heterocycles. The second-order valence-electron chi connectivity index (χ2n) is 4.49. The molecule has 1 unspecified atom stereocenters. The summed E-state index contributed by atoms with van der Waals surface area (Å²) in [4.78, 5) is 4.30. The molecule has 2 nitrogen and oxygen atoms in total. The molecule has 0 aliphatic carbocycles. The van der Waals surface area contributed by atoms with Crippen molar-refractivity contribution in [2.24, 2.45) is 4.99 Å². The van der Waals surface area contributed by atoms with Gasteiger partial charge in [0.05, 0.1) is 17.1 Å². The van der Waals surface area contributed by atoms with Gasteiger partial charge in [-0.1, -0.05) is 36.7 Å². The average molecular weight is 323 g/mol. The van der Waals surface area contributed by atoms with Crippen molar-refractivity contribution in [2.75, 3.05) is 11.9 Å². The molecule has 0 saturated carbocycles. The molecule has 0 amide bonds. The summed E-state index contributed by atoms with van der Waals surface area (Å²) in [5.41, 5.74) is -0.483. The zero-order valence-electron chi connectivity index (χ0n) is 10.8. The van der Waals surface area contributed by atoms with Gasteiger partial charge in [-0.3, -0.25) is 4.99 Å². The molecule has 0 spiro atoms. The van der Waals surface area contributed by atoms with Gasteiger partial charge in [0.1, 0.15) is 0 Å². The normalized spacial score (nSPS) is 19.1. The summed E-state index contributed by atoms with van der Waals surface area (Å²) in [7, 11) is 0. The first-order chi connectivity index (χ1) is 9.40. The van der Waals surface area contributed by atoms with Crippen LogP contribution in [0.1, 0.15) is 25.3 Å². The first-order valence-corrected chi connectivity index (χ1v) is 7.50. The van der Waals surface area contributed by atoms with Crippen LogP contribution in [0.15, 0.2) is 23.2 Å². The second-order valence-corrected chi connectivity index (χ2v) is 6.19. The van der Waals surface area contributed by atoms with Gasteiger partial charge in [-0.2, -0.15) is 13.2 Å². The van der Waals surface area contributed by atoms with Crippen LogP contribution in [-0.4, -0.2) is 17.0 Å². The number of nitrogens with one attached hydrogen (secondary N) is 1. The Morgan fingerprint density at radius 2 is 2.20 bits per heavy atom. The second kappa shape index (κ2) is 6.26. The lowest BCUT2D eigenvalue weighted by atomic mass is 10.2. The molecule has 7 heteroatoms. The SMILES string of the molecule is CCCC1CN=C(Nc2ccc(Cl)c(C(F)(F)F)c2)S1. The molecule has 1 aromatic carbocycles. The minimum Gasteiger partial charge on any atom is -0.335 e. The van der Waals surface area contributed by atoms with E-state index in [0.29, 0.717) is 22.6 Å². The molecule has 0 fully saturated rings. The maximum atomic E-state index is 12.8. The molecule has 0 saturated heterocycles. The minimum atomic E-state index is -4.45. The number of rotatable bonds is 3. The molecule has 1 heterocycles. The van der Waals surface area contributed by atoms with Crippen LogP contribution in [0.5, 0.6) is 0 Å². The predicted molar refractivity (Wildman–Crippen MR) is 78.7 cm³/mol. The highest BCUT2D eigenvalue weighted by atomic mass is 35.5. The van der Waals surface area contributed by atoms with Crippen molar-refractivity contribution in [1.82, 2.24) is 0 Å². The number of aliphatic imine (C=N–C) groups is 1. The molecule has 0 bridgehead atoms. The van der Waals surface area contributed by atoms with E-state index >= 15 is 0 Å². The van der Waals surface area contributed by atoms with Gasteiger partial charge in [0, 0.05) is 10.9 Å². The number of halogens is 4. The molecular weight excluding hydrogens is 309 g/mol. The molecule has 1 atom stereocenters. The Morgan fingerprint density at radius 3 is 2.85 bits per heavy atom. The number of thioether (sulfide) groups is 1. The average Bonchev–Trinajstić information content (AvgIpc) is 2.78. The third-order valence-electron chi connectivity index (χ3n) is 2.85. The number of benzene rings is 1. The lowest BCUT2D eigenvalue weighted by Crippen LogP contribution is -2.10. The standard InChI is InChI=1S/C13H14ClF3N2S/c1-2-3-9-7-18-12(20-9)19-8-4-5-11(14)10(6-8)13(15,16)17/h4-6,9H,2-3,7H2,1H3,(H,18,19).